The Balaban J connectivity index is 2.12. The number of aliphatic hydroxyl groups is 1. The number of carbonyl (C=O) groups excluding carboxylic acids is 1. The molecule has 2 N–H and O–H groups in total. The number of carbonyl (C=O) groups is 1. The number of hydrogen-bond acceptors (Lipinski definition) is 3. The number of rotatable bonds is 6. The molecule has 0 saturated heterocycles. The maximum Gasteiger partial charge on any atom is 0.226 e. The van der Waals surface area contributed by atoms with E-state index in [0.717, 1.165) is 25.7 Å². The first-order valence-corrected chi connectivity index (χ1v) is 5.66. The van der Waals surface area contributed by atoms with Crippen LogP contribution in [0.2, 0.25) is 0 Å². The normalized spacial score (nSPS) is 19.1. The van der Waals surface area contributed by atoms with Gasteiger partial charge >= 0.3 is 0 Å². The molecule has 15 heavy (non-hydrogen) atoms. The Bertz CT molecular complexity index is 200. The minimum atomic E-state index is -0.156. The summed E-state index contributed by atoms with van der Waals surface area (Å²) in [5.74, 6) is 0.146. The molecule has 0 bridgehead atoms. The molecule has 4 nitrogen and oxygen atoms in total. The Morgan fingerprint density at radius 3 is 2.67 bits per heavy atom. The van der Waals surface area contributed by atoms with E-state index in [1.165, 1.54) is 0 Å². The predicted molar refractivity (Wildman–Crippen MR) is 57.5 cm³/mol. The Hall–Kier alpha value is -0.610. The van der Waals surface area contributed by atoms with E-state index in [1.54, 1.807) is 0 Å². The third-order valence-electron chi connectivity index (χ3n) is 3.02. The van der Waals surface area contributed by atoms with Crippen LogP contribution in [0.5, 0.6) is 0 Å². The molecule has 4 heteroatoms. The summed E-state index contributed by atoms with van der Waals surface area (Å²) in [5, 5.41) is 11.4. The molecule has 0 spiro atoms. The summed E-state index contributed by atoms with van der Waals surface area (Å²) in [6, 6.07) is 0. The second-order valence-electron chi connectivity index (χ2n) is 4.36. The van der Waals surface area contributed by atoms with Crippen molar-refractivity contribution in [2.75, 3.05) is 26.4 Å². The molecular formula is C11H21NO3. The van der Waals surface area contributed by atoms with Crippen LogP contribution in [0.25, 0.3) is 0 Å². The van der Waals surface area contributed by atoms with Crippen molar-refractivity contribution < 1.29 is 14.6 Å². The molecule has 0 aliphatic heterocycles. The monoisotopic (exact) mass is 215 g/mol. The standard InChI is InChI=1S/C11H21NO3/c1-11(4-2-3-5-11)10(14)12-6-8-15-9-7-13/h13H,2-9H2,1H3,(H,12,14). The van der Waals surface area contributed by atoms with Gasteiger partial charge < -0.3 is 15.2 Å². The number of nitrogens with one attached hydrogen (secondary N) is 1. The van der Waals surface area contributed by atoms with Gasteiger partial charge in [-0.05, 0) is 12.8 Å². The zero-order valence-electron chi connectivity index (χ0n) is 9.42. The molecule has 0 atom stereocenters. The molecule has 1 aliphatic carbocycles. The van der Waals surface area contributed by atoms with Gasteiger partial charge in [-0.25, -0.2) is 0 Å². The lowest BCUT2D eigenvalue weighted by molar-refractivity contribution is -0.130. The lowest BCUT2D eigenvalue weighted by Crippen LogP contribution is -2.38. The molecule has 0 aromatic rings. The van der Waals surface area contributed by atoms with Gasteiger partial charge in [-0.1, -0.05) is 19.8 Å². The molecule has 1 saturated carbocycles. The summed E-state index contributed by atoms with van der Waals surface area (Å²) in [5.41, 5.74) is -0.156. The van der Waals surface area contributed by atoms with Crippen LogP contribution >= 0.6 is 0 Å². The quantitative estimate of drug-likeness (QED) is 0.641. The minimum Gasteiger partial charge on any atom is -0.394 e. The smallest absolute Gasteiger partial charge is 0.226 e. The van der Waals surface area contributed by atoms with Crippen molar-refractivity contribution in [1.29, 1.82) is 0 Å². The van der Waals surface area contributed by atoms with Crippen LogP contribution in [0.4, 0.5) is 0 Å². The van der Waals surface area contributed by atoms with Crippen molar-refractivity contribution >= 4 is 5.91 Å². The molecule has 0 heterocycles. The average molecular weight is 215 g/mol. The van der Waals surface area contributed by atoms with Crippen LogP contribution in [-0.2, 0) is 9.53 Å². The van der Waals surface area contributed by atoms with Crippen molar-refractivity contribution in [1.82, 2.24) is 5.32 Å². The first-order valence-electron chi connectivity index (χ1n) is 5.66. The SMILES string of the molecule is CC1(C(=O)NCCOCCO)CCCC1. The van der Waals surface area contributed by atoms with E-state index >= 15 is 0 Å². The first kappa shape index (κ1) is 12.5. The van der Waals surface area contributed by atoms with E-state index in [0.29, 0.717) is 19.8 Å². The Kier molecular flexibility index (Phi) is 5.05. The van der Waals surface area contributed by atoms with Crippen molar-refractivity contribution in [2.45, 2.75) is 32.6 Å². The van der Waals surface area contributed by atoms with Crippen molar-refractivity contribution in [3.05, 3.63) is 0 Å². The maximum absolute atomic E-state index is 11.8. The first-order chi connectivity index (χ1) is 7.19. The molecule has 0 aromatic carbocycles. The van der Waals surface area contributed by atoms with Crippen molar-refractivity contribution in [3.63, 3.8) is 0 Å². The highest BCUT2D eigenvalue weighted by atomic mass is 16.5. The number of amides is 1. The zero-order chi connectivity index (χ0) is 11.1. The molecule has 1 amide bonds. The fourth-order valence-electron chi connectivity index (χ4n) is 2.00. The lowest BCUT2D eigenvalue weighted by Gasteiger charge is -2.22. The highest BCUT2D eigenvalue weighted by molar-refractivity contribution is 5.82. The minimum absolute atomic E-state index is 0.0334. The van der Waals surface area contributed by atoms with Gasteiger partial charge in [0.2, 0.25) is 5.91 Å². The van der Waals surface area contributed by atoms with E-state index in [-0.39, 0.29) is 17.9 Å². The molecule has 1 rings (SSSR count). The van der Waals surface area contributed by atoms with Gasteiger partial charge in [0.1, 0.15) is 0 Å². The maximum atomic E-state index is 11.8. The van der Waals surface area contributed by atoms with Crippen LogP contribution in [0.15, 0.2) is 0 Å². The molecule has 0 aromatic heterocycles. The fraction of sp³-hybridized carbons (Fsp3) is 0.909. The van der Waals surface area contributed by atoms with Gasteiger partial charge in [-0.15, -0.1) is 0 Å². The fourth-order valence-corrected chi connectivity index (χ4v) is 2.00. The summed E-state index contributed by atoms with van der Waals surface area (Å²) in [6.45, 7) is 3.42. The van der Waals surface area contributed by atoms with Crippen LogP contribution < -0.4 is 5.32 Å². The molecule has 1 aliphatic rings. The Morgan fingerprint density at radius 2 is 2.07 bits per heavy atom. The molecule has 88 valence electrons. The van der Waals surface area contributed by atoms with E-state index in [4.69, 9.17) is 9.84 Å². The second-order valence-corrected chi connectivity index (χ2v) is 4.36. The van der Waals surface area contributed by atoms with Gasteiger partial charge in [0, 0.05) is 12.0 Å². The summed E-state index contributed by atoms with van der Waals surface area (Å²) in [6.07, 6.45) is 4.31. The summed E-state index contributed by atoms with van der Waals surface area (Å²) in [7, 11) is 0. The van der Waals surface area contributed by atoms with Crippen LogP contribution in [-0.4, -0.2) is 37.4 Å². The highest BCUT2D eigenvalue weighted by Gasteiger charge is 2.35. The van der Waals surface area contributed by atoms with Crippen LogP contribution in [0.1, 0.15) is 32.6 Å². The van der Waals surface area contributed by atoms with Gasteiger partial charge in [0.05, 0.1) is 19.8 Å². The highest BCUT2D eigenvalue weighted by Crippen LogP contribution is 2.37. The largest absolute Gasteiger partial charge is 0.394 e. The summed E-state index contributed by atoms with van der Waals surface area (Å²) >= 11 is 0. The second kappa shape index (κ2) is 6.08. The molecule has 0 unspecified atom stereocenters. The third-order valence-corrected chi connectivity index (χ3v) is 3.02. The van der Waals surface area contributed by atoms with E-state index in [1.807, 2.05) is 6.92 Å². The van der Waals surface area contributed by atoms with Gasteiger partial charge in [0.15, 0.2) is 0 Å². The van der Waals surface area contributed by atoms with Crippen LogP contribution in [0, 0.1) is 5.41 Å². The third kappa shape index (κ3) is 3.80. The average Bonchev–Trinajstić information content (AvgIpc) is 2.66. The van der Waals surface area contributed by atoms with Crippen molar-refractivity contribution in [3.8, 4) is 0 Å². The van der Waals surface area contributed by atoms with Crippen molar-refractivity contribution in [2.24, 2.45) is 5.41 Å². The molecular weight excluding hydrogens is 194 g/mol. The Labute approximate surface area is 91.0 Å². The zero-order valence-corrected chi connectivity index (χ0v) is 9.42. The van der Waals surface area contributed by atoms with Gasteiger partial charge in [-0.3, -0.25) is 4.79 Å². The summed E-state index contributed by atoms with van der Waals surface area (Å²) in [4.78, 5) is 11.8. The van der Waals surface area contributed by atoms with E-state index < -0.39 is 0 Å². The number of aliphatic hydroxyl groups excluding tert-OH is 1. The number of ether oxygens (including phenoxy) is 1. The van der Waals surface area contributed by atoms with E-state index in [2.05, 4.69) is 5.32 Å². The molecule has 0 radical (unpaired) electrons. The topological polar surface area (TPSA) is 58.6 Å². The lowest BCUT2D eigenvalue weighted by atomic mass is 9.88. The van der Waals surface area contributed by atoms with Gasteiger partial charge in [0.25, 0.3) is 0 Å². The van der Waals surface area contributed by atoms with Gasteiger partial charge in [-0.2, -0.15) is 0 Å². The summed E-state index contributed by atoms with van der Waals surface area (Å²) < 4.78 is 5.06. The van der Waals surface area contributed by atoms with Crippen LogP contribution in [0.3, 0.4) is 0 Å². The Morgan fingerprint density at radius 1 is 1.40 bits per heavy atom. The molecule has 1 fully saturated rings. The van der Waals surface area contributed by atoms with E-state index in [9.17, 15) is 4.79 Å². The number of hydrogen-bond donors (Lipinski definition) is 2. The predicted octanol–water partition coefficient (Wildman–Crippen LogP) is 0.692.